The molecule has 1 aliphatic heterocycles. The summed E-state index contributed by atoms with van der Waals surface area (Å²) >= 11 is 0. The first-order valence-electron chi connectivity index (χ1n) is 9.27. The monoisotopic (exact) mass is 391 g/mol. The fourth-order valence-electron chi connectivity index (χ4n) is 3.28. The fourth-order valence-corrected chi connectivity index (χ4v) is 3.28. The lowest BCUT2D eigenvalue weighted by atomic mass is 10.2. The first-order chi connectivity index (χ1) is 14.0. The number of aromatic nitrogens is 5. The van der Waals surface area contributed by atoms with Gasteiger partial charge in [-0.1, -0.05) is 36.9 Å². The second kappa shape index (κ2) is 7.70. The van der Waals surface area contributed by atoms with Gasteiger partial charge in [0.1, 0.15) is 18.2 Å². The van der Waals surface area contributed by atoms with Crippen molar-refractivity contribution in [2.45, 2.75) is 25.6 Å². The largest absolute Gasteiger partial charge is 0.337 e. The summed E-state index contributed by atoms with van der Waals surface area (Å²) in [4.78, 5) is 31.0. The number of nitrogens with one attached hydrogen (secondary N) is 1. The maximum atomic E-state index is 12.8. The molecule has 4 rings (SSSR count). The first-order valence-corrected chi connectivity index (χ1v) is 9.27. The number of carbonyl (C=O) groups is 2. The molecule has 9 heteroatoms. The summed E-state index contributed by atoms with van der Waals surface area (Å²) in [7, 11) is 1.67. The minimum Gasteiger partial charge on any atom is -0.337 e. The summed E-state index contributed by atoms with van der Waals surface area (Å²) in [6, 6.07) is 10.9. The third-order valence-electron chi connectivity index (χ3n) is 4.82. The van der Waals surface area contributed by atoms with Gasteiger partial charge >= 0.3 is 0 Å². The van der Waals surface area contributed by atoms with Gasteiger partial charge in [-0.15, -0.1) is 5.10 Å². The standard InChI is InChI=1S/C20H21N7O2/c1-3-15-11-17-25(2)20(29)16(9-10-27(17)23-15)22-19(28)18-21-13-26(24-18)12-14-7-5-4-6-8-14/h3-8,11,13,16H,1,9-10,12H2,2H3,(H,22,28). The topological polar surface area (TPSA) is 97.9 Å². The number of nitrogens with zero attached hydrogens (tertiary/aromatic N) is 6. The molecule has 0 saturated carbocycles. The van der Waals surface area contributed by atoms with Gasteiger partial charge in [0.25, 0.3) is 11.8 Å². The van der Waals surface area contributed by atoms with Gasteiger partial charge in [0.2, 0.25) is 5.82 Å². The van der Waals surface area contributed by atoms with Crippen molar-refractivity contribution < 1.29 is 9.59 Å². The minimum atomic E-state index is -0.678. The predicted octanol–water partition coefficient (Wildman–Crippen LogP) is 1.33. The van der Waals surface area contributed by atoms with Crippen LogP contribution in [0.4, 0.5) is 5.82 Å². The number of hydrogen-bond donors (Lipinski definition) is 1. The van der Waals surface area contributed by atoms with Crippen LogP contribution in [0.25, 0.3) is 6.08 Å². The maximum Gasteiger partial charge on any atom is 0.291 e. The van der Waals surface area contributed by atoms with Crippen molar-refractivity contribution in [1.29, 1.82) is 0 Å². The molecule has 148 valence electrons. The van der Waals surface area contributed by atoms with E-state index in [1.54, 1.807) is 28.6 Å². The molecule has 0 saturated heterocycles. The Balaban J connectivity index is 1.44. The number of fused-ring (bicyclic) bond motifs is 1. The number of rotatable bonds is 5. The van der Waals surface area contributed by atoms with Crippen LogP contribution in [0.2, 0.25) is 0 Å². The number of aryl methyl sites for hydroxylation is 1. The van der Waals surface area contributed by atoms with Gasteiger partial charge in [-0.2, -0.15) is 5.10 Å². The van der Waals surface area contributed by atoms with Crippen molar-refractivity contribution in [3.8, 4) is 0 Å². The highest BCUT2D eigenvalue weighted by molar-refractivity contribution is 6.00. The molecule has 0 aliphatic carbocycles. The normalized spacial score (nSPS) is 16.2. The van der Waals surface area contributed by atoms with Crippen molar-refractivity contribution in [1.82, 2.24) is 29.9 Å². The first kappa shape index (κ1) is 18.6. The highest BCUT2D eigenvalue weighted by atomic mass is 16.2. The van der Waals surface area contributed by atoms with Gasteiger partial charge < -0.3 is 5.32 Å². The van der Waals surface area contributed by atoms with E-state index in [0.29, 0.717) is 31.0 Å². The molecule has 0 fully saturated rings. The SMILES string of the molecule is C=Cc1cc2n(n1)CCC(NC(=O)c1ncn(Cc3ccccc3)n1)C(=O)N2C. The van der Waals surface area contributed by atoms with Crippen LogP contribution in [0, 0.1) is 0 Å². The van der Waals surface area contributed by atoms with Crippen molar-refractivity contribution in [3.63, 3.8) is 0 Å². The lowest BCUT2D eigenvalue weighted by Gasteiger charge is -2.19. The number of hydrogen-bond acceptors (Lipinski definition) is 5. The molecule has 1 aliphatic rings. The second-order valence-electron chi connectivity index (χ2n) is 6.82. The van der Waals surface area contributed by atoms with E-state index < -0.39 is 11.9 Å². The molecule has 2 aromatic heterocycles. The van der Waals surface area contributed by atoms with E-state index in [1.165, 1.54) is 11.2 Å². The summed E-state index contributed by atoms with van der Waals surface area (Å²) < 4.78 is 3.34. The Kier molecular flexibility index (Phi) is 4.94. The lowest BCUT2D eigenvalue weighted by molar-refractivity contribution is -0.120. The zero-order valence-corrected chi connectivity index (χ0v) is 16.0. The molecule has 2 amide bonds. The average Bonchev–Trinajstić information content (AvgIpc) is 3.35. The van der Waals surface area contributed by atoms with Crippen LogP contribution in [-0.2, 0) is 17.9 Å². The summed E-state index contributed by atoms with van der Waals surface area (Å²) in [5, 5.41) is 11.4. The number of benzene rings is 1. The molecule has 0 spiro atoms. The molecule has 0 bridgehead atoms. The summed E-state index contributed by atoms with van der Waals surface area (Å²) in [6.07, 6.45) is 3.57. The molecular weight excluding hydrogens is 370 g/mol. The summed E-state index contributed by atoms with van der Waals surface area (Å²) in [6.45, 7) is 4.72. The number of likely N-dealkylation sites (N-methyl/N-ethyl adjacent to an activating group) is 1. The van der Waals surface area contributed by atoms with Crippen LogP contribution in [0.15, 0.2) is 49.3 Å². The third-order valence-corrected chi connectivity index (χ3v) is 4.82. The Bertz CT molecular complexity index is 1050. The van der Waals surface area contributed by atoms with Crippen LogP contribution < -0.4 is 10.2 Å². The lowest BCUT2D eigenvalue weighted by Crippen LogP contribution is -2.47. The highest BCUT2D eigenvalue weighted by Gasteiger charge is 2.31. The van der Waals surface area contributed by atoms with Crippen molar-refractivity contribution in [2.24, 2.45) is 0 Å². The second-order valence-corrected chi connectivity index (χ2v) is 6.82. The maximum absolute atomic E-state index is 12.8. The molecular formula is C20H21N7O2. The molecule has 0 radical (unpaired) electrons. The Morgan fingerprint density at radius 2 is 2.10 bits per heavy atom. The van der Waals surface area contributed by atoms with E-state index in [0.717, 1.165) is 5.56 Å². The molecule has 3 aromatic rings. The van der Waals surface area contributed by atoms with E-state index in [-0.39, 0.29) is 11.7 Å². The van der Waals surface area contributed by atoms with Gasteiger partial charge in [-0.05, 0) is 18.1 Å². The molecule has 1 N–H and O–H groups in total. The predicted molar refractivity (Wildman–Crippen MR) is 107 cm³/mol. The van der Waals surface area contributed by atoms with E-state index in [1.807, 2.05) is 30.3 Å². The quantitative estimate of drug-likeness (QED) is 0.708. The van der Waals surface area contributed by atoms with E-state index in [2.05, 4.69) is 27.1 Å². The van der Waals surface area contributed by atoms with Gasteiger partial charge in [0.05, 0.1) is 12.2 Å². The molecule has 1 unspecified atom stereocenters. The van der Waals surface area contributed by atoms with Crippen LogP contribution >= 0.6 is 0 Å². The van der Waals surface area contributed by atoms with Crippen molar-refractivity contribution in [3.05, 3.63) is 66.4 Å². The molecule has 29 heavy (non-hydrogen) atoms. The molecule has 1 aromatic carbocycles. The van der Waals surface area contributed by atoms with E-state index >= 15 is 0 Å². The van der Waals surface area contributed by atoms with Gasteiger partial charge in [-0.25, -0.2) is 14.3 Å². The minimum absolute atomic E-state index is 0.0345. The van der Waals surface area contributed by atoms with Gasteiger partial charge in [0.15, 0.2) is 0 Å². The smallest absolute Gasteiger partial charge is 0.291 e. The Morgan fingerprint density at radius 3 is 2.86 bits per heavy atom. The molecule has 1 atom stereocenters. The molecule has 9 nitrogen and oxygen atoms in total. The van der Waals surface area contributed by atoms with E-state index in [9.17, 15) is 9.59 Å². The highest BCUT2D eigenvalue weighted by Crippen LogP contribution is 2.21. The third kappa shape index (κ3) is 3.79. The van der Waals surface area contributed by atoms with Crippen LogP contribution in [0.3, 0.4) is 0 Å². The summed E-state index contributed by atoms with van der Waals surface area (Å²) in [5.74, 6) is 0.0189. The van der Waals surface area contributed by atoms with Gasteiger partial charge in [0, 0.05) is 19.7 Å². The van der Waals surface area contributed by atoms with Gasteiger partial charge in [-0.3, -0.25) is 14.5 Å². The van der Waals surface area contributed by atoms with Crippen molar-refractivity contribution in [2.75, 3.05) is 11.9 Å². The Hall–Kier alpha value is -3.75. The number of carbonyl (C=O) groups excluding carboxylic acids is 2. The summed E-state index contributed by atoms with van der Waals surface area (Å²) in [5.41, 5.74) is 1.76. The zero-order chi connectivity index (χ0) is 20.4. The molecule has 3 heterocycles. The zero-order valence-electron chi connectivity index (χ0n) is 16.0. The Morgan fingerprint density at radius 1 is 1.31 bits per heavy atom. The fraction of sp³-hybridized carbons (Fsp3) is 0.250. The number of anilines is 1. The van der Waals surface area contributed by atoms with Crippen LogP contribution in [0.1, 0.15) is 28.3 Å². The van der Waals surface area contributed by atoms with Crippen molar-refractivity contribution >= 4 is 23.7 Å². The Labute approximate surface area is 167 Å². The van der Waals surface area contributed by atoms with Crippen LogP contribution in [-0.4, -0.2) is 49.4 Å². The average molecular weight is 391 g/mol. The number of amides is 2. The van der Waals surface area contributed by atoms with Crippen LogP contribution in [0.5, 0.6) is 0 Å². The van der Waals surface area contributed by atoms with E-state index in [4.69, 9.17) is 0 Å².